The van der Waals surface area contributed by atoms with Gasteiger partial charge in [-0.05, 0) is 25.7 Å². The molecular weight excluding hydrogens is 1190 g/mol. The molecule has 0 aliphatic heterocycles. The normalized spacial score (nSPS) is 14.0. The topological polar surface area (TPSA) is 237 Å². The Bertz CT molecular complexity index is 1720. The quantitative estimate of drug-likeness (QED) is 0.0222. The molecule has 0 rings (SSSR count). The van der Waals surface area contributed by atoms with E-state index in [1.54, 1.807) is 0 Å². The maximum atomic E-state index is 13.0. The number of carbonyl (C=O) groups excluding carboxylic acids is 4. The summed E-state index contributed by atoms with van der Waals surface area (Å²) in [5, 5.41) is 10.6. The third-order valence-corrected chi connectivity index (χ3v) is 18.5. The molecule has 2 unspecified atom stereocenters. The molecule has 5 atom stereocenters. The molecule has 0 aromatic heterocycles. The first-order valence-electron chi connectivity index (χ1n) is 37.3. The summed E-state index contributed by atoms with van der Waals surface area (Å²) in [4.78, 5) is 72.5. The van der Waals surface area contributed by atoms with E-state index in [9.17, 15) is 43.2 Å². The third kappa shape index (κ3) is 64.8. The van der Waals surface area contributed by atoms with Gasteiger partial charge in [0.2, 0.25) is 0 Å². The SMILES string of the molecule is CCCCCCCCCCCCCCCCCC(=O)OC[C@H](COP(=O)(O)OC[C@@H](O)COP(=O)(O)OC[C@@H](COC(=O)CCCCCCCCCCCCCC)OC(=O)CCCCCCCCCCCCCCCCC)OC(=O)CCCCCCCCCC. The summed E-state index contributed by atoms with van der Waals surface area (Å²) in [6.07, 6.45) is 54.0. The van der Waals surface area contributed by atoms with Crippen molar-refractivity contribution in [2.24, 2.45) is 0 Å². The summed E-state index contributed by atoms with van der Waals surface area (Å²) >= 11 is 0. The molecule has 0 saturated heterocycles. The van der Waals surface area contributed by atoms with Crippen molar-refractivity contribution >= 4 is 39.5 Å². The van der Waals surface area contributed by atoms with Crippen LogP contribution in [0.1, 0.15) is 374 Å². The number of ether oxygens (including phenoxy) is 4. The van der Waals surface area contributed by atoms with Gasteiger partial charge in [0.05, 0.1) is 26.4 Å². The Morgan fingerprint density at radius 1 is 0.267 bits per heavy atom. The number of carbonyl (C=O) groups is 4. The fraction of sp³-hybridized carbons (Fsp3) is 0.944. The Labute approximate surface area is 549 Å². The zero-order chi connectivity index (χ0) is 66.1. The van der Waals surface area contributed by atoms with Gasteiger partial charge in [0, 0.05) is 25.7 Å². The summed E-state index contributed by atoms with van der Waals surface area (Å²) in [5.41, 5.74) is 0. The average molecular weight is 1330 g/mol. The van der Waals surface area contributed by atoms with Crippen LogP contribution in [0.2, 0.25) is 0 Å². The van der Waals surface area contributed by atoms with E-state index in [0.29, 0.717) is 25.7 Å². The molecule has 0 aliphatic rings. The van der Waals surface area contributed by atoms with Gasteiger partial charge >= 0.3 is 39.5 Å². The van der Waals surface area contributed by atoms with E-state index in [1.165, 1.54) is 199 Å². The van der Waals surface area contributed by atoms with Gasteiger partial charge in [0.1, 0.15) is 19.3 Å². The van der Waals surface area contributed by atoms with Crippen LogP contribution < -0.4 is 0 Å². The van der Waals surface area contributed by atoms with Crippen molar-refractivity contribution in [2.45, 2.75) is 393 Å². The van der Waals surface area contributed by atoms with Crippen molar-refractivity contribution in [1.82, 2.24) is 0 Å². The lowest BCUT2D eigenvalue weighted by Gasteiger charge is -2.21. The van der Waals surface area contributed by atoms with E-state index in [1.807, 2.05) is 0 Å². The van der Waals surface area contributed by atoms with Crippen LogP contribution in [0.3, 0.4) is 0 Å². The monoisotopic (exact) mass is 1320 g/mol. The summed E-state index contributed by atoms with van der Waals surface area (Å²) in [7, 11) is -9.89. The Kier molecular flexibility index (Phi) is 64.3. The van der Waals surface area contributed by atoms with Crippen LogP contribution in [0.4, 0.5) is 0 Å². The molecule has 90 heavy (non-hydrogen) atoms. The molecular formula is C71H138O17P2. The van der Waals surface area contributed by atoms with E-state index in [0.717, 1.165) is 96.3 Å². The first-order chi connectivity index (χ1) is 43.7. The van der Waals surface area contributed by atoms with Gasteiger partial charge < -0.3 is 33.8 Å². The number of hydrogen-bond donors (Lipinski definition) is 3. The van der Waals surface area contributed by atoms with Gasteiger partial charge in [-0.25, -0.2) is 9.13 Å². The predicted molar refractivity (Wildman–Crippen MR) is 363 cm³/mol. The zero-order valence-electron chi connectivity index (χ0n) is 58.1. The van der Waals surface area contributed by atoms with Crippen LogP contribution >= 0.6 is 15.6 Å². The smallest absolute Gasteiger partial charge is 0.462 e. The molecule has 0 spiro atoms. The predicted octanol–water partition coefficient (Wildman–Crippen LogP) is 20.7. The molecule has 0 saturated carbocycles. The minimum Gasteiger partial charge on any atom is -0.462 e. The molecule has 0 amide bonds. The van der Waals surface area contributed by atoms with Crippen LogP contribution in [-0.2, 0) is 65.4 Å². The summed E-state index contributed by atoms with van der Waals surface area (Å²) in [6.45, 7) is 4.93. The first kappa shape index (κ1) is 88.1. The number of phosphoric acid groups is 2. The fourth-order valence-corrected chi connectivity index (χ4v) is 12.4. The Hall–Kier alpha value is -1.94. The maximum absolute atomic E-state index is 13.0. The second-order valence-corrected chi connectivity index (χ2v) is 28.5. The number of aliphatic hydroxyl groups is 1. The van der Waals surface area contributed by atoms with Crippen LogP contribution in [0.5, 0.6) is 0 Å². The lowest BCUT2D eigenvalue weighted by molar-refractivity contribution is -0.161. The van der Waals surface area contributed by atoms with E-state index >= 15 is 0 Å². The molecule has 534 valence electrons. The number of phosphoric ester groups is 2. The van der Waals surface area contributed by atoms with E-state index in [4.69, 9.17) is 37.0 Å². The number of rotatable bonds is 72. The number of unbranched alkanes of at least 4 members (excludes halogenated alkanes) is 46. The van der Waals surface area contributed by atoms with Crippen LogP contribution in [0.15, 0.2) is 0 Å². The molecule has 0 radical (unpaired) electrons. The second kappa shape index (κ2) is 65.7. The maximum Gasteiger partial charge on any atom is 0.472 e. The molecule has 0 aromatic rings. The number of aliphatic hydroxyl groups excluding tert-OH is 1. The third-order valence-electron chi connectivity index (χ3n) is 16.6. The average Bonchev–Trinajstić information content (AvgIpc) is 3.12. The van der Waals surface area contributed by atoms with Crippen LogP contribution in [0.25, 0.3) is 0 Å². The van der Waals surface area contributed by atoms with Gasteiger partial charge in [0.15, 0.2) is 12.2 Å². The lowest BCUT2D eigenvalue weighted by atomic mass is 10.0. The Morgan fingerprint density at radius 2 is 0.444 bits per heavy atom. The highest BCUT2D eigenvalue weighted by Gasteiger charge is 2.30. The number of esters is 4. The lowest BCUT2D eigenvalue weighted by Crippen LogP contribution is -2.30. The van der Waals surface area contributed by atoms with Crippen LogP contribution in [0, 0.1) is 0 Å². The van der Waals surface area contributed by atoms with Crippen molar-refractivity contribution in [3.8, 4) is 0 Å². The Morgan fingerprint density at radius 3 is 0.656 bits per heavy atom. The zero-order valence-corrected chi connectivity index (χ0v) is 59.9. The standard InChI is InChI=1S/C71H138O17P2/c1-5-9-13-17-21-25-28-31-33-35-38-41-45-48-52-56-69(74)81-61-66(87-70(75)57-53-49-43-24-20-16-12-8-4)63-85-89(77,78)83-59-65(72)60-84-90(79,80)86-64-67(62-82-68(73)55-51-47-44-40-37-30-27-23-19-15-11-7-3)88-71(76)58-54-50-46-42-39-36-34-32-29-26-22-18-14-10-6-2/h65-67,72H,5-64H2,1-4H3,(H,77,78)(H,79,80)/t65-,66-,67-/m1/s1. The molecule has 0 bridgehead atoms. The highest BCUT2D eigenvalue weighted by molar-refractivity contribution is 7.47. The van der Waals surface area contributed by atoms with E-state index in [2.05, 4.69) is 27.7 Å². The molecule has 0 fully saturated rings. The first-order valence-corrected chi connectivity index (χ1v) is 40.3. The number of hydrogen-bond acceptors (Lipinski definition) is 15. The van der Waals surface area contributed by atoms with Crippen molar-refractivity contribution in [2.75, 3.05) is 39.6 Å². The van der Waals surface area contributed by atoms with Gasteiger partial charge in [-0.2, -0.15) is 0 Å². The van der Waals surface area contributed by atoms with Crippen molar-refractivity contribution in [3.05, 3.63) is 0 Å². The fourth-order valence-electron chi connectivity index (χ4n) is 10.9. The van der Waals surface area contributed by atoms with Gasteiger partial charge in [0.25, 0.3) is 0 Å². The molecule has 19 heteroatoms. The van der Waals surface area contributed by atoms with E-state index in [-0.39, 0.29) is 25.7 Å². The van der Waals surface area contributed by atoms with Gasteiger partial charge in [-0.3, -0.25) is 37.3 Å². The highest BCUT2D eigenvalue weighted by atomic mass is 31.2. The molecule has 0 aliphatic carbocycles. The molecule has 0 aromatic carbocycles. The molecule has 17 nitrogen and oxygen atoms in total. The van der Waals surface area contributed by atoms with Gasteiger partial charge in [-0.1, -0.05) is 323 Å². The van der Waals surface area contributed by atoms with Gasteiger partial charge in [-0.15, -0.1) is 0 Å². The van der Waals surface area contributed by atoms with Crippen molar-refractivity contribution in [1.29, 1.82) is 0 Å². The van der Waals surface area contributed by atoms with Crippen molar-refractivity contribution < 1.29 is 80.2 Å². The largest absolute Gasteiger partial charge is 0.472 e. The van der Waals surface area contributed by atoms with E-state index < -0.39 is 97.5 Å². The minimum absolute atomic E-state index is 0.106. The summed E-state index contributed by atoms with van der Waals surface area (Å²) in [6, 6.07) is 0. The Balaban J connectivity index is 5.18. The highest BCUT2D eigenvalue weighted by Crippen LogP contribution is 2.45. The summed E-state index contributed by atoms with van der Waals surface area (Å²) in [5.74, 6) is -2.12. The molecule has 0 heterocycles. The molecule has 3 N–H and O–H groups in total. The van der Waals surface area contributed by atoms with Crippen molar-refractivity contribution in [3.63, 3.8) is 0 Å². The van der Waals surface area contributed by atoms with Crippen LogP contribution in [-0.4, -0.2) is 96.7 Å². The second-order valence-electron chi connectivity index (χ2n) is 25.6. The minimum atomic E-state index is -4.95. The summed E-state index contributed by atoms with van der Waals surface area (Å²) < 4.78 is 68.3.